The van der Waals surface area contributed by atoms with Gasteiger partial charge in [0, 0.05) is 8.95 Å². The quantitative estimate of drug-likeness (QED) is 0.637. The third-order valence-electron chi connectivity index (χ3n) is 3.24. The van der Waals surface area contributed by atoms with Crippen molar-refractivity contribution in [3.05, 3.63) is 26.6 Å². The van der Waals surface area contributed by atoms with E-state index in [-0.39, 0.29) is 5.97 Å². The van der Waals surface area contributed by atoms with Crippen LogP contribution in [0, 0.1) is 5.92 Å². The van der Waals surface area contributed by atoms with Crippen LogP contribution in [0.15, 0.2) is 21.1 Å². The van der Waals surface area contributed by atoms with Crippen molar-refractivity contribution in [3.63, 3.8) is 0 Å². The average Bonchev–Trinajstić information content (AvgIpc) is 2.83. The summed E-state index contributed by atoms with van der Waals surface area (Å²) in [4.78, 5) is 12.0. The molecule has 0 saturated heterocycles. The molecule has 0 spiro atoms. The van der Waals surface area contributed by atoms with E-state index in [0.717, 1.165) is 17.3 Å². The maximum Gasteiger partial charge on any atom is 0.340 e. The third kappa shape index (κ3) is 3.26. The molecule has 3 nitrogen and oxygen atoms in total. The number of ether oxygens (including phenoxy) is 1. The van der Waals surface area contributed by atoms with Crippen LogP contribution >= 0.6 is 31.9 Å². The molecule has 1 saturated carbocycles. The van der Waals surface area contributed by atoms with Gasteiger partial charge >= 0.3 is 5.97 Å². The molecule has 0 aliphatic heterocycles. The van der Waals surface area contributed by atoms with Gasteiger partial charge in [-0.1, -0.05) is 28.8 Å². The summed E-state index contributed by atoms with van der Waals surface area (Å²) in [5, 5.41) is 0. The number of hydrogen-bond donors (Lipinski definition) is 1. The van der Waals surface area contributed by atoms with Gasteiger partial charge < -0.3 is 10.5 Å². The Morgan fingerprint density at radius 1 is 1.33 bits per heavy atom. The van der Waals surface area contributed by atoms with Crippen LogP contribution in [0.25, 0.3) is 0 Å². The van der Waals surface area contributed by atoms with Gasteiger partial charge in [-0.2, -0.15) is 0 Å². The zero-order valence-electron chi connectivity index (χ0n) is 9.92. The molecular formula is C13H15Br2NO2. The number of carbonyl (C=O) groups is 1. The molecule has 0 amide bonds. The molecule has 2 rings (SSSR count). The highest BCUT2D eigenvalue weighted by Crippen LogP contribution is 2.29. The summed E-state index contributed by atoms with van der Waals surface area (Å²) < 4.78 is 6.84. The van der Waals surface area contributed by atoms with Gasteiger partial charge in [0.05, 0.1) is 17.9 Å². The minimum atomic E-state index is -0.346. The Hall–Kier alpha value is -0.550. The molecule has 1 aliphatic carbocycles. The molecule has 1 fully saturated rings. The van der Waals surface area contributed by atoms with Crippen LogP contribution in [-0.4, -0.2) is 12.6 Å². The number of nitrogens with two attached hydrogens (primary N) is 1. The van der Waals surface area contributed by atoms with Crippen molar-refractivity contribution in [2.45, 2.75) is 25.7 Å². The summed E-state index contributed by atoms with van der Waals surface area (Å²) in [6.45, 7) is 0.502. The Labute approximate surface area is 123 Å². The zero-order chi connectivity index (χ0) is 13.1. The first kappa shape index (κ1) is 13.9. The van der Waals surface area contributed by atoms with Crippen molar-refractivity contribution >= 4 is 43.5 Å². The van der Waals surface area contributed by atoms with E-state index >= 15 is 0 Å². The van der Waals surface area contributed by atoms with Crippen molar-refractivity contribution in [2.24, 2.45) is 5.92 Å². The van der Waals surface area contributed by atoms with E-state index in [1.54, 1.807) is 6.07 Å². The van der Waals surface area contributed by atoms with Gasteiger partial charge in [0.15, 0.2) is 0 Å². The van der Waals surface area contributed by atoms with Crippen molar-refractivity contribution in [1.82, 2.24) is 0 Å². The molecule has 2 N–H and O–H groups in total. The first-order chi connectivity index (χ1) is 8.58. The molecule has 0 bridgehead atoms. The second-order valence-electron chi connectivity index (χ2n) is 4.60. The van der Waals surface area contributed by atoms with Crippen molar-refractivity contribution < 1.29 is 9.53 Å². The molecular weight excluding hydrogens is 362 g/mol. The largest absolute Gasteiger partial charge is 0.462 e. The first-order valence-corrected chi connectivity index (χ1v) is 7.58. The zero-order valence-corrected chi connectivity index (χ0v) is 13.1. The van der Waals surface area contributed by atoms with Crippen LogP contribution in [0.5, 0.6) is 0 Å². The molecule has 98 valence electrons. The van der Waals surface area contributed by atoms with Crippen LogP contribution in [0.2, 0.25) is 0 Å². The van der Waals surface area contributed by atoms with Crippen LogP contribution in [-0.2, 0) is 4.74 Å². The normalized spacial score (nSPS) is 15.9. The van der Waals surface area contributed by atoms with E-state index in [0.29, 0.717) is 28.2 Å². The monoisotopic (exact) mass is 375 g/mol. The van der Waals surface area contributed by atoms with Crippen LogP contribution in [0.3, 0.4) is 0 Å². The number of benzene rings is 1. The van der Waals surface area contributed by atoms with Gasteiger partial charge in [0.2, 0.25) is 0 Å². The fourth-order valence-corrected chi connectivity index (χ4v) is 3.43. The number of hydrogen-bond acceptors (Lipinski definition) is 3. The topological polar surface area (TPSA) is 52.3 Å². The smallest absolute Gasteiger partial charge is 0.340 e. The lowest BCUT2D eigenvalue weighted by atomic mass is 10.1. The number of nitrogen functional groups attached to an aromatic ring is 1. The summed E-state index contributed by atoms with van der Waals surface area (Å²) in [6.07, 6.45) is 4.80. The fraction of sp³-hybridized carbons (Fsp3) is 0.462. The van der Waals surface area contributed by atoms with E-state index in [1.165, 1.54) is 12.8 Å². The van der Waals surface area contributed by atoms with Crippen molar-refractivity contribution in [1.29, 1.82) is 0 Å². The Morgan fingerprint density at radius 3 is 2.67 bits per heavy atom. The minimum absolute atomic E-state index is 0.346. The summed E-state index contributed by atoms with van der Waals surface area (Å²) in [7, 11) is 0. The van der Waals surface area contributed by atoms with E-state index < -0.39 is 0 Å². The van der Waals surface area contributed by atoms with Crippen LogP contribution in [0.4, 0.5) is 5.69 Å². The van der Waals surface area contributed by atoms with Gasteiger partial charge in [-0.15, -0.1) is 0 Å². The third-order valence-corrected chi connectivity index (χ3v) is 4.35. The Morgan fingerprint density at radius 2 is 2.00 bits per heavy atom. The lowest BCUT2D eigenvalue weighted by Crippen LogP contribution is -2.13. The molecule has 5 heteroatoms. The SMILES string of the molecule is Nc1c(Br)cc(Br)cc1C(=O)OCC1CCCC1. The second kappa shape index (κ2) is 6.06. The molecule has 0 aromatic heterocycles. The Bertz CT molecular complexity index is 457. The van der Waals surface area contributed by atoms with E-state index in [9.17, 15) is 4.79 Å². The molecule has 0 radical (unpaired) electrons. The van der Waals surface area contributed by atoms with Gasteiger partial charge in [-0.05, 0) is 46.8 Å². The highest BCUT2D eigenvalue weighted by molar-refractivity contribution is 9.11. The lowest BCUT2D eigenvalue weighted by molar-refractivity contribution is 0.0443. The molecule has 0 unspecified atom stereocenters. The number of carbonyl (C=O) groups excluding carboxylic acids is 1. The lowest BCUT2D eigenvalue weighted by Gasteiger charge is -2.12. The van der Waals surface area contributed by atoms with Crippen molar-refractivity contribution in [3.8, 4) is 0 Å². The number of halogens is 2. The number of rotatable bonds is 3. The second-order valence-corrected chi connectivity index (χ2v) is 6.37. The van der Waals surface area contributed by atoms with Crippen LogP contribution in [0.1, 0.15) is 36.0 Å². The van der Waals surface area contributed by atoms with E-state index in [1.807, 2.05) is 6.07 Å². The van der Waals surface area contributed by atoms with Gasteiger partial charge in [0.1, 0.15) is 0 Å². The molecule has 0 atom stereocenters. The highest BCUT2D eigenvalue weighted by Gasteiger charge is 2.19. The maximum atomic E-state index is 12.0. The highest BCUT2D eigenvalue weighted by atomic mass is 79.9. The van der Waals surface area contributed by atoms with Crippen molar-refractivity contribution in [2.75, 3.05) is 12.3 Å². The summed E-state index contributed by atoms with van der Waals surface area (Å²) in [5.74, 6) is 0.173. The number of anilines is 1. The van der Waals surface area contributed by atoms with Gasteiger partial charge in [-0.25, -0.2) is 4.79 Å². The van der Waals surface area contributed by atoms with Crippen LogP contribution < -0.4 is 5.73 Å². The molecule has 1 aliphatic rings. The predicted octanol–water partition coefficient (Wildman–Crippen LogP) is 4.14. The van der Waals surface area contributed by atoms with Gasteiger partial charge in [0.25, 0.3) is 0 Å². The fourth-order valence-electron chi connectivity index (χ4n) is 2.20. The predicted molar refractivity (Wildman–Crippen MR) is 78.5 cm³/mol. The van der Waals surface area contributed by atoms with E-state index in [4.69, 9.17) is 10.5 Å². The standard InChI is InChI=1S/C13H15Br2NO2/c14-9-5-10(12(16)11(15)6-9)13(17)18-7-8-3-1-2-4-8/h5-6,8H,1-4,7,16H2. The Balaban J connectivity index is 2.04. The first-order valence-electron chi connectivity index (χ1n) is 5.99. The molecule has 1 aromatic carbocycles. The van der Waals surface area contributed by atoms with Gasteiger partial charge in [-0.3, -0.25) is 0 Å². The van der Waals surface area contributed by atoms with E-state index in [2.05, 4.69) is 31.9 Å². The Kier molecular flexibility index (Phi) is 4.67. The molecule has 0 heterocycles. The molecule has 1 aromatic rings. The summed E-state index contributed by atoms with van der Waals surface area (Å²) in [6, 6.07) is 3.50. The summed E-state index contributed by atoms with van der Waals surface area (Å²) >= 11 is 6.66. The molecule has 18 heavy (non-hydrogen) atoms. The maximum absolute atomic E-state index is 12.0. The number of esters is 1. The summed E-state index contributed by atoms with van der Waals surface area (Å²) in [5.41, 5.74) is 6.70. The minimum Gasteiger partial charge on any atom is -0.462 e. The average molecular weight is 377 g/mol.